The van der Waals surface area contributed by atoms with Gasteiger partial charge in [-0.2, -0.15) is 26.3 Å². The SMILES string of the molecule is FC(F)(F)C(C1=CCC=C1)(n1ccnc1)C(F)(F)F. The molecular weight excluding hydrogens is 274 g/mol. The summed E-state index contributed by atoms with van der Waals surface area (Å²) in [5.41, 5.74) is -4.94. The third-order valence-electron chi connectivity index (χ3n) is 2.90. The number of allylic oxidation sites excluding steroid dienone is 4. The zero-order valence-corrected chi connectivity index (χ0v) is 9.33. The summed E-state index contributed by atoms with van der Waals surface area (Å²) < 4.78 is 79.5. The summed E-state index contributed by atoms with van der Waals surface area (Å²) in [6, 6.07) is 0. The van der Waals surface area contributed by atoms with Crippen LogP contribution in [0.25, 0.3) is 0 Å². The molecule has 1 aromatic rings. The van der Waals surface area contributed by atoms with Crippen molar-refractivity contribution in [3.63, 3.8) is 0 Å². The molecule has 1 aliphatic carbocycles. The van der Waals surface area contributed by atoms with Gasteiger partial charge in [0.05, 0.1) is 6.33 Å². The molecule has 0 radical (unpaired) electrons. The second-order valence-corrected chi connectivity index (χ2v) is 3.97. The molecule has 19 heavy (non-hydrogen) atoms. The van der Waals surface area contributed by atoms with E-state index in [4.69, 9.17) is 0 Å². The predicted molar refractivity (Wildman–Crippen MR) is 54.2 cm³/mol. The molecule has 0 fully saturated rings. The van der Waals surface area contributed by atoms with E-state index >= 15 is 0 Å². The molecule has 0 aromatic carbocycles. The van der Waals surface area contributed by atoms with Crippen LogP contribution in [0.1, 0.15) is 6.42 Å². The zero-order valence-electron chi connectivity index (χ0n) is 9.33. The Bertz CT molecular complexity index is 492. The summed E-state index contributed by atoms with van der Waals surface area (Å²) in [5.74, 6) is 0. The standard InChI is InChI=1S/C11H8F6N2/c12-10(13,14)9(11(15,16)17,8-3-1-2-4-8)19-6-5-18-7-19/h1,3-7H,2H2. The molecule has 104 valence electrons. The third-order valence-corrected chi connectivity index (χ3v) is 2.90. The van der Waals surface area contributed by atoms with Gasteiger partial charge in [-0.3, -0.25) is 0 Å². The average Bonchev–Trinajstić information content (AvgIpc) is 2.85. The lowest BCUT2D eigenvalue weighted by atomic mass is 9.88. The van der Waals surface area contributed by atoms with Crippen LogP contribution >= 0.6 is 0 Å². The van der Waals surface area contributed by atoms with Crippen LogP contribution in [0, 0.1) is 0 Å². The maximum Gasteiger partial charge on any atom is 0.425 e. The fourth-order valence-electron chi connectivity index (χ4n) is 2.11. The van der Waals surface area contributed by atoms with Crippen LogP contribution in [-0.2, 0) is 5.54 Å². The number of nitrogens with zero attached hydrogens (tertiary/aromatic N) is 2. The van der Waals surface area contributed by atoms with Crippen LogP contribution in [0.3, 0.4) is 0 Å². The second-order valence-electron chi connectivity index (χ2n) is 3.97. The molecule has 0 bridgehead atoms. The highest BCUT2D eigenvalue weighted by Crippen LogP contribution is 2.54. The highest BCUT2D eigenvalue weighted by molar-refractivity contribution is 5.38. The van der Waals surface area contributed by atoms with Gasteiger partial charge in [0.2, 0.25) is 0 Å². The highest BCUT2D eigenvalue weighted by atomic mass is 19.4. The smallest absolute Gasteiger partial charge is 0.311 e. The highest BCUT2D eigenvalue weighted by Gasteiger charge is 2.73. The first-order valence-electron chi connectivity index (χ1n) is 5.20. The molecule has 0 N–H and O–H groups in total. The number of alkyl halides is 6. The van der Waals surface area contributed by atoms with E-state index in [1.165, 1.54) is 6.08 Å². The Morgan fingerprint density at radius 1 is 1.05 bits per heavy atom. The number of halogens is 6. The number of rotatable bonds is 2. The van der Waals surface area contributed by atoms with E-state index in [1.807, 2.05) is 0 Å². The molecule has 0 unspecified atom stereocenters. The van der Waals surface area contributed by atoms with Gasteiger partial charge >= 0.3 is 12.4 Å². The Labute approximate surface area is 104 Å². The first-order valence-corrected chi connectivity index (χ1v) is 5.20. The van der Waals surface area contributed by atoms with Crippen molar-refractivity contribution in [2.45, 2.75) is 24.3 Å². The monoisotopic (exact) mass is 282 g/mol. The Hall–Kier alpha value is -1.73. The van der Waals surface area contributed by atoms with Gasteiger partial charge in [0.15, 0.2) is 0 Å². The minimum absolute atomic E-state index is 0.0396. The van der Waals surface area contributed by atoms with Gasteiger partial charge < -0.3 is 4.57 Å². The zero-order chi connectivity index (χ0) is 14.3. The second kappa shape index (κ2) is 4.14. The maximum absolute atomic E-state index is 13.2. The summed E-state index contributed by atoms with van der Waals surface area (Å²) in [6.45, 7) is 0. The van der Waals surface area contributed by atoms with Crippen LogP contribution in [0.15, 0.2) is 42.5 Å². The summed E-state index contributed by atoms with van der Waals surface area (Å²) in [5, 5.41) is 0. The van der Waals surface area contributed by atoms with E-state index in [9.17, 15) is 26.3 Å². The van der Waals surface area contributed by atoms with Crippen LogP contribution in [0.5, 0.6) is 0 Å². The summed E-state index contributed by atoms with van der Waals surface area (Å²) in [6.07, 6.45) is -5.95. The molecule has 2 nitrogen and oxygen atoms in total. The molecule has 0 atom stereocenters. The topological polar surface area (TPSA) is 17.8 Å². The summed E-state index contributed by atoms with van der Waals surface area (Å²) in [7, 11) is 0. The lowest BCUT2D eigenvalue weighted by Gasteiger charge is -2.38. The van der Waals surface area contributed by atoms with Crippen LogP contribution in [0.4, 0.5) is 26.3 Å². The van der Waals surface area contributed by atoms with Crippen molar-refractivity contribution in [1.82, 2.24) is 9.55 Å². The Kier molecular flexibility index (Phi) is 2.98. The number of hydrogen-bond acceptors (Lipinski definition) is 1. The van der Waals surface area contributed by atoms with Crippen LogP contribution < -0.4 is 0 Å². The minimum atomic E-state index is -5.54. The van der Waals surface area contributed by atoms with Crippen molar-refractivity contribution in [1.29, 1.82) is 0 Å². The van der Waals surface area contributed by atoms with E-state index in [2.05, 4.69) is 4.98 Å². The summed E-state index contributed by atoms with van der Waals surface area (Å²) in [4.78, 5) is 3.30. The van der Waals surface area contributed by atoms with E-state index in [0.717, 1.165) is 18.3 Å². The Balaban J connectivity index is 2.76. The van der Waals surface area contributed by atoms with Crippen molar-refractivity contribution in [2.75, 3.05) is 0 Å². The molecule has 2 rings (SSSR count). The molecule has 8 heteroatoms. The van der Waals surface area contributed by atoms with Crippen LogP contribution in [-0.4, -0.2) is 21.9 Å². The number of aromatic nitrogens is 2. The van der Waals surface area contributed by atoms with Gasteiger partial charge in [-0.05, 0) is 12.0 Å². The number of hydrogen-bond donors (Lipinski definition) is 0. The predicted octanol–water partition coefficient (Wildman–Crippen LogP) is 3.59. The lowest BCUT2D eigenvalue weighted by molar-refractivity contribution is -0.313. The fourth-order valence-corrected chi connectivity index (χ4v) is 2.11. The molecule has 0 spiro atoms. The van der Waals surface area contributed by atoms with Crippen molar-refractivity contribution < 1.29 is 26.3 Å². The van der Waals surface area contributed by atoms with Gasteiger partial charge in [-0.1, -0.05) is 18.2 Å². The lowest BCUT2D eigenvalue weighted by Crippen LogP contribution is -2.58. The van der Waals surface area contributed by atoms with Crippen molar-refractivity contribution in [2.24, 2.45) is 0 Å². The van der Waals surface area contributed by atoms with Gasteiger partial charge in [0.25, 0.3) is 5.54 Å². The van der Waals surface area contributed by atoms with Gasteiger partial charge in [0, 0.05) is 12.4 Å². The first kappa shape index (κ1) is 13.7. The largest absolute Gasteiger partial charge is 0.425 e. The van der Waals surface area contributed by atoms with Gasteiger partial charge in [0.1, 0.15) is 0 Å². The molecular formula is C11H8F6N2. The number of imidazole rings is 1. The van der Waals surface area contributed by atoms with Crippen molar-refractivity contribution in [3.05, 3.63) is 42.5 Å². The van der Waals surface area contributed by atoms with Gasteiger partial charge in [-0.15, -0.1) is 0 Å². The Morgan fingerprint density at radius 3 is 2.05 bits per heavy atom. The quantitative estimate of drug-likeness (QED) is 0.758. The minimum Gasteiger partial charge on any atom is -0.311 e. The molecule has 0 saturated carbocycles. The maximum atomic E-state index is 13.2. The molecule has 1 heterocycles. The van der Waals surface area contributed by atoms with E-state index in [-0.39, 0.29) is 11.0 Å². The fraction of sp³-hybridized carbons (Fsp3) is 0.364. The molecule has 1 aromatic heterocycles. The third kappa shape index (κ3) is 1.85. The van der Waals surface area contributed by atoms with Crippen molar-refractivity contribution >= 4 is 0 Å². The molecule has 0 saturated heterocycles. The van der Waals surface area contributed by atoms with Crippen LogP contribution in [0.2, 0.25) is 0 Å². The van der Waals surface area contributed by atoms with E-state index in [0.29, 0.717) is 12.5 Å². The van der Waals surface area contributed by atoms with E-state index in [1.54, 1.807) is 0 Å². The van der Waals surface area contributed by atoms with Gasteiger partial charge in [-0.25, -0.2) is 4.98 Å². The molecule has 0 amide bonds. The van der Waals surface area contributed by atoms with Crippen molar-refractivity contribution in [3.8, 4) is 0 Å². The van der Waals surface area contributed by atoms with E-state index < -0.39 is 23.5 Å². The molecule has 0 aliphatic heterocycles. The summed E-state index contributed by atoms with van der Waals surface area (Å²) >= 11 is 0. The molecule has 1 aliphatic rings. The first-order chi connectivity index (χ1) is 8.71. The normalized spacial score (nSPS) is 16.8. The average molecular weight is 282 g/mol. The Morgan fingerprint density at radius 2 is 1.68 bits per heavy atom.